The van der Waals surface area contributed by atoms with Crippen LogP contribution in [0.1, 0.15) is 47.6 Å². The predicted octanol–water partition coefficient (Wildman–Crippen LogP) is 4.34. The number of carbonyl (C=O) groups is 2. The fourth-order valence-electron chi connectivity index (χ4n) is 5.01. The second kappa shape index (κ2) is 9.69. The number of nitrogens with zero attached hydrogens (tertiary/aromatic N) is 3. The van der Waals surface area contributed by atoms with Crippen LogP contribution in [0.5, 0.6) is 0 Å². The second-order valence-corrected chi connectivity index (χ2v) is 9.75. The van der Waals surface area contributed by atoms with E-state index < -0.39 is 18.0 Å². The Bertz CT molecular complexity index is 1570. The van der Waals surface area contributed by atoms with E-state index in [1.165, 1.54) is 11.6 Å². The minimum absolute atomic E-state index is 0.153. The van der Waals surface area contributed by atoms with E-state index in [9.17, 15) is 14.4 Å². The normalized spacial score (nSPS) is 15.7. The zero-order valence-electron chi connectivity index (χ0n) is 21.4. The first kappa shape index (κ1) is 24.5. The molecule has 0 saturated heterocycles. The lowest BCUT2D eigenvalue weighted by Gasteiger charge is -2.24. The third-order valence-electron chi connectivity index (χ3n) is 7.17. The number of ether oxygens (including phenoxy) is 1. The molecule has 0 aliphatic heterocycles. The number of benzene rings is 2. The summed E-state index contributed by atoms with van der Waals surface area (Å²) in [6.07, 6.45) is 1.45. The van der Waals surface area contributed by atoms with Crippen LogP contribution in [0, 0.1) is 12.8 Å². The van der Waals surface area contributed by atoms with Gasteiger partial charge in [-0.05, 0) is 62.8 Å². The Hall–Kier alpha value is -4.20. The molecule has 37 heavy (non-hydrogen) atoms. The van der Waals surface area contributed by atoms with Crippen molar-refractivity contribution in [3.63, 3.8) is 0 Å². The maximum Gasteiger partial charge on any atom is 0.339 e. The lowest BCUT2D eigenvalue weighted by atomic mass is 9.84. The van der Waals surface area contributed by atoms with Crippen molar-refractivity contribution in [3.05, 3.63) is 87.5 Å². The number of amides is 1. The van der Waals surface area contributed by atoms with Crippen LogP contribution in [0.4, 0.5) is 5.69 Å². The number of aromatic nitrogens is 3. The van der Waals surface area contributed by atoms with Crippen molar-refractivity contribution >= 4 is 28.5 Å². The average molecular weight is 499 g/mol. The van der Waals surface area contributed by atoms with Crippen LogP contribution in [-0.4, -0.2) is 32.3 Å². The molecule has 4 aromatic rings. The Morgan fingerprint density at radius 2 is 1.81 bits per heavy atom. The summed E-state index contributed by atoms with van der Waals surface area (Å²) in [5, 5.41) is 3.41. The second-order valence-electron chi connectivity index (χ2n) is 9.75. The molecule has 190 valence electrons. The molecule has 0 spiro atoms. The largest absolute Gasteiger partial charge is 0.449 e. The van der Waals surface area contributed by atoms with E-state index in [0.29, 0.717) is 22.9 Å². The molecule has 0 fully saturated rings. The number of nitrogens with one attached hydrogen (secondary N) is 1. The third kappa shape index (κ3) is 4.43. The number of rotatable bonds is 5. The van der Waals surface area contributed by atoms with Gasteiger partial charge in [-0.25, -0.2) is 9.48 Å². The van der Waals surface area contributed by atoms with Crippen LogP contribution < -0.4 is 10.9 Å². The number of anilines is 1. The number of esters is 1. The van der Waals surface area contributed by atoms with Gasteiger partial charge in [0.1, 0.15) is 5.69 Å². The summed E-state index contributed by atoms with van der Waals surface area (Å²) in [7, 11) is 1.75. The zero-order valence-corrected chi connectivity index (χ0v) is 21.4. The first-order chi connectivity index (χ1) is 17.8. The van der Waals surface area contributed by atoms with Crippen molar-refractivity contribution in [2.75, 3.05) is 5.32 Å². The number of para-hydroxylation sites is 2. The van der Waals surface area contributed by atoms with E-state index in [4.69, 9.17) is 9.72 Å². The summed E-state index contributed by atoms with van der Waals surface area (Å²) in [5.74, 6) is -0.700. The summed E-state index contributed by atoms with van der Waals surface area (Å²) < 4.78 is 8.85. The van der Waals surface area contributed by atoms with Crippen LogP contribution in [-0.2, 0) is 29.4 Å². The summed E-state index contributed by atoms with van der Waals surface area (Å²) in [4.78, 5) is 44.5. The smallest absolute Gasteiger partial charge is 0.339 e. The maximum atomic E-state index is 13.5. The fraction of sp³-hybridized carbons (Fsp3) is 0.310. The minimum Gasteiger partial charge on any atom is -0.449 e. The molecule has 0 radical (unpaired) electrons. The Balaban J connectivity index is 1.42. The minimum atomic E-state index is -1.11. The molecule has 2 atom stereocenters. The van der Waals surface area contributed by atoms with E-state index in [0.717, 1.165) is 41.4 Å². The van der Waals surface area contributed by atoms with Gasteiger partial charge < -0.3 is 10.1 Å². The highest BCUT2D eigenvalue weighted by Gasteiger charge is 2.29. The molecule has 1 N–H and O–H groups in total. The number of pyridine rings is 1. The lowest BCUT2D eigenvalue weighted by Crippen LogP contribution is -2.32. The van der Waals surface area contributed by atoms with Crippen LogP contribution in [0.15, 0.2) is 59.4 Å². The zero-order chi connectivity index (χ0) is 26.3. The molecular formula is C29H30N4O4. The van der Waals surface area contributed by atoms with Crippen LogP contribution >= 0.6 is 0 Å². The van der Waals surface area contributed by atoms with Crippen LogP contribution in [0.25, 0.3) is 16.6 Å². The number of hydrogen-bond donors (Lipinski definition) is 1. The summed E-state index contributed by atoms with van der Waals surface area (Å²) >= 11 is 0. The van der Waals surface area contributed by atoms with E-state index >= 15 is 0 Å². The van der Waals surface area contributed by atoms with Crippen molar-refractivity contribution in [1.82, 2.24) is 14.3 Å². The van der Waals surface area contributed by atoms with Gasteiger partial charge in [0.05, 0.1) is 22.5 Å². The Kier molecular flexibility index (Phi) is 6.41. The molecule has 2 aromatic carbocycles. The number of fused-ring (bicyclic) bond motifs is 2. The van der Waals surface area contributed by atoms with Gasteiger partial charge >= 0.3 is 5.97 Å². The van der Waals surface area contributed by atoms with Crippen molar-refractivity contribution in [1.29, 1.82) is 0 Å². The van der Waals surface area contributed by atoms with Gasteiger partial charge in [0.2, 0.25) is 0 Å². The Labute approximate surface area is 214 Å². The SMILES string of the molecule is Cc1c(NC(=O)[C@@H](C)OC(=O)c2c3c(nc4ccccc24)CC[C@@H](C)C3)c(=O)n(-c2ccccc2)n1C. The molecular weight excluding hydrogens is 468 g/mol. The van der Waals surface area contributed by atoms with Gasteiger partial charge in [-0.15, -0.1) is 0 Å². The van der Waals surface area contributed by atoms with Crippen LogP contribution in [0.3, 0.4) is 0 Å². The molecule has 0 saturated carbocycles. The maximum absolute atomic E-state index is 13.5. The lowest BCUT2D eigenvalue weighted by molar-refractivity contribution is -0.123. The molecule has 1 aliphatic rings. The molecule has 1 amide bonds. The molecule has 8 nitrogen and oxygen atoms in total. The molecule has 2 aromatic heterocycles. The van der Waals surface area contributed by atoms with Gasteiger partial charge in [0, 0.05) is 18.1 Å². The van der Waals surface area contributed by atoms with Crippen molar-refractivity contribution in [2.45, 2.75) is 46.1 Å². The van der Waals surface area contributed by atoms with E-state index in [2.05, 4.69) is 12.2 Å². The number of aryl methyl sites for hydroxylation is 1. The van der Waals surface area contributed by atoms with E-state index in [1.54, 1.807) is 18.7 Å². The van der Waals surface area contributed by atoms with Crippen molar-refractivity contribution < 1.29 is 14.3 Å². The first-order valence-corrected chi connectivity index (χ1v) is 12.5. The topological polar surface area (TPSA) is 95.2 Å². The summed E-state index contributed by atoms with van der Waals surface area (Å²) in [5.41, 5.74) is 4.10. The molecule has 1 aliphatic carbocycles. The highest BCUT2D eigenvalue weighted by Crippen LogP contribution is 2.32. The summed E-state index contributed by atoms with van der Waals surface area (Å²) in [6, 6.07) is 16.7. The van der Waals surface area contributed by atoms with Crippen molar-refractivity contribution in [3.8, 4) is 5.69 Å². The monoisotopic (exact) mass is 498 g/mol. The van der Waals surface area contributed by atoms with Gasteiger partial charge in [-0.2, -0.15) is 0 Å². The highest BCUT2D eigenvalue weighted by molar-refractivity contribution is 6.06. The fourth-order valence-corrected chi connectivity index (χ4v) is 5.01. The van der Waals surface area contributed by atoms with Crippen molar-refractivity contribution in [2.24, 2.45) is 13.0 Å². The van der Waals surface area contributed by atoms with E-state index in [1.807, 2.05) is 54.6 Å². The predicted molar refractivity (Wildman–Crippen MR) is 142 cm³/mol. The average Bonchev–Trinajstić information content (AvgIpc) is 3.10. The molecule has 2 heterocycles. The molecule has 0 bridgehead atoms. The third-order valence-corrected chi connectivity index (χ3v) is 7.17. The van der Waals surface area contributed by atoms with Crippen LogP contribution in [0.2, 0.25) is 0 Å². The summed E-state index contributed by atoms with van der Waals surface area (Å²) in [6.45, 7) is 5.43. The first-order valence-electron chi connectivity index (χ1n) is 12.5. The van der Waals surface area contributed by atoms with E-state index in [-0.39, 0.29) is 11.2 Å². The van der Waals surface area contributed by atoms with Gasteiger partial charge in [-0.1, -0.05) is 43.3 Å². The van der Waals surface area contributed by atoms with Gasteiger partial charge in [0.15, 0.2) is 6.10 Å². The van der Waals surface area contributed by atoms with Gasteiger partial charge in [-0.3, -0.25) is 19.3 Å². The quantitative estimate of drug-likeness (QED) is 0.413. The highest BCUT2D eigenvalue weighted by atomic mass is 16.5. The molecule has 0 unspecified atom stereocenters. The number of carbonyl (C=O) groups excluding carboxylic acids is 2. The Morgan fingerprint density at radius 3 is 2.57 bits per heavy atom. The Morgan fingerprint density at radius 1 is 1.11 bits per heavy atom. The number of hydrogen-bond acceptors (Lipinski definition) is 5. The molecule has 5 rings (SSSR count). The van der Waals surface area contributed by atoms with Gasteiger partial charge in [0.25, 0.3) is 11.5 Å². The standard InChI is InChI=1S/C29H30N4O4/c1-17-14-15-24-22(16-17)25(21-12-8-9-13-23(21)30-24)29(36)37-19(3)27(34)31-26-18(2)32(4)33(28(26)35)20-10-6-5-7-11-20/h5-13,17,19H,14-16H2,1-4H3,(H,31,34)/t17-,19-/m1/s1. The molecule has 8 heteroatoms.